The first-order valence-electron chi connectivity index (χ1n) is 7.59. The molecule has 0 spiro atoms. The highest BCUT2D eigenvalue weighted by Gasteiger charge is 2.14. The molecule has 1 fully saturated rings. The molecule has 0 saturated heterocycles. The molecule has 1 amide bonds. The number of aliphatic hydroxyl groups is 1. The third-order valence-corrected chi connectivity index (χ3v) is 3.83. The van der Waals surface area contributed by atoms with Gasteiger partial charge in [0.1, 0.15) is 18.5 Å². The Labute approximate surface area is 125 Å². The summed E-state index contributed by atoms with van der Waals surface area (Å²) in [5, 5.41) is 13.3. The number of carbonyl (C=O) groups is 1. The van der Waals surface area contributed by atoms with Crippen LogP contribution in [0.4, 0.5) is 0 Å². The van der Waals surface area contributed by atoms with Crippen LogP contribution < -0.4 is 15.8 Å². The predicted molar refractivity (Wildman–Crippen MR) is 81.3 cm³/mol. The predicted octanol–water partition coefficient (Wildman–Crippen LogP) is 1.45. The van der Waals surface area contributed by atoms with Gasteiger partial charge in [0.25, 0.3) is 0 Å². The van der Waals surface area contributed by atoms with Gasteiger partial charge in [0.05, 0.1) is 0 Å². The number of hydrogen-bond acceptors (Lipinski definition) is 4. The van der Waals surface area contributed by atoms with Crippen molar-refractivity contribution in [3.63, 3.8) is 0 Å². The summed E-state index contributed by atoms with van der Waals surface area (Å²) in [6, 6.07) is 7.13. The molecular weight excluding hydrogens is 268 g/mol. The highest BCUT2D eigenvalue weighted by molar-refractivity contribution is 5.92. The van der Waals surface area contributed by atoms with Crippen molar-refractivity contribution >= 4 is 5.91 Å². The zero-order valence-corrected chi connectivity index (χ0v) is 12.3. The number of nitrogens with two attached hydrogens (primary N) is 1. The molecule has 5 nitrogen and oxygen atoms in total. The Balaban J connectivity index is 1.68. The number of rotatable bonds is 7. The average molecular weight is 292 g/mol. The molecule has 0 radical (unpaired) electrons. The lowest BCUT2D eigenvalue weighted by atomic mass is 9.95. The summed E-state index contributed by atoms with van der Waals surface area (Å²) >= 11 is 0. The van der Waals surface area contributed by atoms with Gasteiger partial charge in [-0.2, -0.15) is 0 Å². The quantitative estimate of drug-likeness (QED) is 0.710. The fourth-order valence-electron chi connectivity index (χ4n) is 2.58. The average Bonchev–Trinajstić information content (AvgIpc) is 2.52. The Morgan fingerprint density at radius 1 is 1.29 bits per heavy atom. The Morgan fingerprint density at radius 3 is 2.57 bits per heavy atom. The van der Waals surface area contributed by atoms with E-state index in [4.69, 9.17) is 10.5 Å². The summed E-state index contributed by atoms with van der Waals surface area (Å²) in [5.74, 6) is 0.162. The fourth-order valence-corrected chi connectivity index (χ4v) is 2.58. The second-order valence-corrected chi connectivity index (χ2v) is 5.60. The molecule has 1 saturated carbocycles. The van der Waals surface area contributed by atoms with Crippen LogP contribution in [0.3, 0.4) is 0 Å². The third kappa shape index (κ3) is 5.36. The van der Waals surface area contributed by atoms with E-state index in [1.807, 2.05) is 0 Å². The maximum Gasteiger partial charge on any atom is 0.248 e. The number of amides is 1. The van der Waals surface area contributed by atoms with Crippen LogP contribution in [0.2, 0.25) is 0 Å². The Bertz CT molecular complexity index is 441. The van der Waals surface area contributed by atoms with Crippen molar-refractivity contribution in [2.75, 3.05) is 13.2 Å². The normalized spacial score (nSPS) is 17.4. The van der Waals surface area contributed by atoms with Crippen molar-refractivity contribution in [3.8, 4) is 5.75 Å². The van der Waals surface area contributed by atoms with Gasteiger partial charge >= 0.3 is 0 Å². The molecule has 1 atom stereocenters. The topological polar surface area (TPSA) is 84.6 Å². The molecule has 1 aliphatic carbocycles. The number of nitrogens with one attached hydrogen (secondary N) is 1. The highest BCUT2D eigenvalue weighted by Crippen LogP contribution is 2.17. The molecule has 116 valence electrons. The van der Waals surface area contributed by atoms with Gasteiger partial charge in [0, 0.05) is 18.2 Å². The Morgan fingerprint density at radius 2 is 1.95 bits per heavy atom. The van der Waals surface area contributed by atoms with E-state index in [1.165, 1.54) is 32.1 Å². The second-order valence-electron chi connectivity index (χ2n) is 5.60. The van der Waals surface area contributed by atoms with Gasteiger partial charge in [-0.05, 0) is 37.1 Å². The maximum absolute atomic E-state index is 10.9. The molecule has 5 heteroatoms. The molecule has 1 unspecified atom stereocenters. The van der Waals surface area contributed by atoms with E-state index in [9.17, 15) is 9.90 Å². The molecule has 0 heterocycles. The molecule has 21 heavy (non-hydrogen) atoms. The van der Waals surface area contributed by atoms with Crippen LogP contribution in [0, 0.1) is 0 Å². The monoisotopic (exact) mass is 292 g/mol. The molecule has 1 aromatic carbocycles. The van der Waals surface area contributed by atoms with Gasteiger partial charge < -0.3 is 20.9 Å². The van der Waals surface area contributed by atoms with Crippen molar-refractivity contribution in [2.24, 2.45) is 5.73 Å². The molecule has 1 aliphatic rings. The van der Waals surface area contributed by atoms with E-state index >= 15 is 0 Å². The summed E-state index contributed by atoms with van der Waals surface area (Å²) in [6.07, 6.45) is 5.73. The van der Waals surface area contributed by atoms with Gasteiger partial charge in [0.2, 0.25) is 5.91 Å². The van der Waals surface area contributed by atoms with E-state index in [1.54, 1.807) is 24.3 Å². The van der Waals surface area contributed by atoms with Gasteiger partial charge in [-0.25, -0.2) is 0 Å². The van der Waals surface area contributed by atoms with Crippen LogP contribution >= 0.6 is 0 Å². The van der Waals surface area contributed by atoms with Gasteiger partial charge in [-0.15, -0.1) is 0 Å². The first kappa shape index (κ1) is 15.8. The lowest BCUT2D eigenvalue weighted by Crippen LogP contribution is -2.38. The largest absolute Gasteiger partial charge is 0.491 e. The number of benzene rings is 1. The van der Waals surface area contributed by atoms with Crippen molar-refractivity contribution in [2.45, 2.75) is 44.2 Å². The fraction of sp³-hybridized carbons (Fsp3) is 0.562. The summed E-state index contributed by atoms with van der Waals surface area (Å²) in [4.78, 5) is 10.9. The van der Waals surface area contributed by atoms with Crippen molar-refractivity contribution < 1.29 is 14.6 Å². The van der Waals surface area contributed by atoms with Gasteiger partial charge in [-0.1, -0.05) is 19.3 Å². The Hall–Kier alpha value is -1.59. The summed E-state index contributed by atoms with van der Waals surface area (Å²) < 4.78 is 5.50. The lowest BCUT2D eigenvalue weighted by Gasteiger charge is -2.24. The first-order chi connectivity index (χ1) is 10.1. The molecule has 4 N–H and O–H groups in total. The molecule has 0 bridgehead atoms. The molecule has 2 rings (SSSR count). The summed E-state index contributed by atoms with van der Waals surface area (Å²) in [7, 11) is 0. The SMILES string of the molecule is NC(=O)c1ccc(OCC(O)CNC2CCCCC2)cc1. The third-order valence-electron chi connectivity index (χ3n) is 3.83. The summed E-state index contributed by atoms with van der Waals surface area (Å²) in [6.45, 7) is 0.777. The standard InChI is InChI=1S/C16H24N2O3/c17-16(20)12-6-8-15(9-7-12)21-11-14(19)10-18-13-4-2-1-3-5-13/h6-9,13-14,18-19H,1-5,10-11H2,(H2,17,20). The van der Waals surface area contributed by atoms with Crippen molar-refractivity contribution in [1.29, 1.82) is 0 Å². The minimum absolute atomic E-state index is 0.232. The molecule has 0 aliphatic heterocycles. The van der Waals surface area contributed by atoms with Crippen molar-refractivity contribution in [3.05, 3.63) is 29.8 Å². The van der Waals surface area contributed by atoms with E-state index in [0.717, 1.165) is 0 Å². The minimum Gasteiger partial charge on any atom is -0.491 e. The Kier molecular flexibility index (Phi) is 6.02. The highest BCUT2D eigenvalue weighted by atomic mass is 16.5. The van der Waals surface area contributed by atoms with E-state index in [0.29, 0.717) is 23.9 Å². The van der Waals surface area contributed by atoms with Crippen LogP contribution in [-0.2, 0) is 0 Å². The number of primary amides is 1. The number of hydrogen-bond donors (Lipinski definition) is 3. The van der Waals surface area contributed by atoms with E-state index < -0.39 is 12.0 Å². The zero-order chi connectivity index (χ0) is 15.1. The number of aliphatic hydroxyl groups excluding tert-OH is 1. The van der Waals surface area contributed by atoms with Crippen LogP contribution in [-0.4, -0.2) is 36.3 Å². The van der Waals surface area contributed by atoms with Gasteiger partial charge in [-0.3, -0.25) is 4.79 Å². The molecule has 0 aromatic heterocycles. The first-order valence-corrected chi connectivity index (χ1v) is 7.59. The van der Waals surface area contributed by atoms with Crippen LogP contribution in [0.1, 0.15) is 42.5 Å². The van der Waals surface area contributed by atoms with Crippen LogP contribution in [0.5, 0.6) is 5.75 Å². The minimum atomic E-state index is -0.539. The van der Waals surface area contributed by atoms with Gasteiger partial charge in [0.15, 0.2) is 0 Å². The maximum atomic E-state index is 10.9. The lowest BCUT2D eigenvalue weighted by molar-refractivity contribution is 0.0995. The number of carbonyl (C=O) groups excluding carboxylic acids is 1. The van der Waals surface area contributed by atoms with E-state index in [2.05, 4.69) is 5.32 Å². The second kappa shape index (κ2) is 8.00. The smallest absolute Gasteiger partial charge is 0.248 e. The number of ether oxygens (including phenoxy) is 1. The van der Waals surface area contributed by atoms with Crippen LogP contribution in [0.15, 0.2) is 24.3 Å². The molecular formula is C16H24N2O3. The molecule has 1 aromatic rings. The zero-order valence-electron chi connectivity index (χ0n) is 12.3. The van der Waals surface area contributed by atoms with Crippen LogP contribution in [0.25, 0.3) is 0 Å². The van der Waals surface area contributed by atoms with Crippen molar-refractivity contribution in [1.82, 2.24) is 5.32 Å². The van der Waals surface area contributed by atoms with E-state index in [-0.39, 0.29) is 6.61 Å². The summed E-state index contributed by atoms with van der Waals surface area (Å²) in [5.41, 5.74) is 5.61.